The zero-order valence-corrected chi connectivity index (χ0v) is 20.0. The van der Waals surface area contributed by atoms with E-state index in [4.69, 9.17) is 23.7 Å². The number of likely N-dealkylation sites (tertiary alicyclic amines) is 1. The van der Waals surface area contributed by atoms with Gasteiger partial charge in [0.05, 0.1) is 45.2 Å². The molecule has 10 heteroatoms. The average molecular weight is 476 g/mol. The number of nitrogens with one attached hydrogen (secondary N) is 2. The van der Waals surface area contributed by atoms with E-state index in [1.807, 2.05) is 13.0 Å². The molecule has 1 aromatic rings. The van der Waals surface area contributed by atoms with Crippen molar-refractivity contribution >= 4 is 12.0 Å². The lowest BCUT2D eigenvalue weighted by Crippen LogP contribution is -2.51. The van der Waals surface area contributed by atoms with Crippen LogP contribution in [0.15, 0.2) is 29.5 Å². The maximum absolute atomic E-state index is 13.1. The van der Waals surface area contributed by atoms with E-state index >= 15 is 0 Å². The molecule has 1 atom stereocenters. The lowest BCUT2D eigenvalue weighted by Gasteiger charge is -2.39. The van der Waals surface area contributed by atoms with Crippen LogP contribution in [-0.4, -0.2) is 75.9 Å². The van der Waals surface area contributed by atoms with Crippen LogP contribution in [-0.2, 0) is 19.0 Å². The van der Waals surface area contributed by atoms with Crippen molar-refractivity contribution in [1.82, 2.24) is 15.5 Å². The Hall–Kier alpha value is -2.82. The molecule has 2 N–H and O–H groups in total. The van der Waals surface area contributed by atoms with Gasteiger partial charge < -0.3 is 34.3 Å². The molecule has 3 aliphatic rings. The van der Waals surface area contributed by atoms with Crippen molar-refractivity contribution in [2.45, 2.75) is 38.5 Å². The van der Waals surface area contributed by atoms with Crippen molar-refractivity contribution in [3.8, 4) is 11.5 Å². The van der Waals surface area contributed by atoms with Crippen molar-refractivity contribution in [3.63, 3.8) is 0 Å². The SMILES string of the molecule is CCOC(=O)C1=C(CN2CCC3(CC2)OCCO3)NC(=O)NC1c1ccc(OCC)c(OC)c1. The van der Waals surface area contributed by atoms with Gasteiger partial charge in [0.15, 0.2) is 17.3 Å². The highest BCUT2D eigenvalue weighted by Gasteiger charge is 2.41. The molecular formula is C24H33N3O7. The van der Waals surface area contributed by atoms with Gasteiger partial charge in [0.2, 0.25) is 0 Å². The highest BCUT2D eigenvalue weighted by atomic mass is 16.7. The Kier molecular flexibility index (Phi) is 7.60. The van der Waals surface area contributed by atoms with Gasteiger partial charge in [-0.1, -0.05) is 6.07 Å². The number of hydrogen-bond donors (Lipinski definition) is 2. The van der Waals surface area contributed by atoms with Gasteiger partial charge in [0.25, 0.3) is 0 Å². The number of ether oxygens (including phenoxy) is 5. The summed E-state index contributed by atoms with van der Waals surface area (Å²) in [4.78, 5) is 27.9. The fourth-order valence-electron chi connectivity index (χ4n) is 4.64. The van der Waals surface area contributed by atoms with Gasteiger partial charge in [-0.3, -0.25) is 4.90 Å². The van der Waals surface area contributed by atoms with Gasteiger partial charge in [0, 0.05) is 38.2 Å². The van der Waals surface area contributed by atoms with Crippen LogP contribution < -0.4 is 20.1 Å². The minimum atomic E-state index is -0.690. The summed E-state index contributed by atoms with van der Waals surface area (Å²) in [6, 6.07) is 4.30. The van der Waals surface area contributed by atoms with Crippen molar-refractivity contribution in [2.24, 2.45) is 0 Å². The van der Waals surface area contributed by atoms with Crippen LogP contribution in [0.5, 0.6) is 11.5 Å². The zero-order valence-electron chi connectivity index (χ0n) is 20.0. The van der Waals surface area contributed by atoms with Gasteiger partial charge in [0.1, 0.15) is 0 Å². The van der Waals surface area contributed by atoms with E-state index in [-0.39, 0.29) is 12.6 Å². The first kappa shape index (κ1) is 24.3. The van der Waals surface area contributed by atoms with Crippen LogP contribution in [0.3, 0.4) is 0 Å². The smallest absolute Gasteiger partial charge is 0.338 e. The molecule has 1 spiro atoms. The number of carbonyl (C=O) groups excluding carboxylic acids is 2. The summed E-state index contributed by atoms with van der Waals surface area (Å²) < 4.78 is 28.1. The number of hydrogen-bond acceptors (Lipinski definition) is 8. The number of methoxy groups -OCH3 is 1. The molecule has 2 fully saturated rings. The molecule has 0 aromatic heterocycles. The second-order valence-electron chi connectivity index (χ2n) is 8.37. The van der Waals surface area contributed by atoms with Crippen LogP contribution in [0.25, 0.3) is 0 Å². The summed E-state index contributed by atoms with van der Waals surface area (Å²) >= 11 is 0. The number of amides is 2. The molecule has 2 amide bonds. The van der Waals surface area contributed by atoms with E-state index in [1.54, 1.807) is 26.2 Å². The van der Waals surface area contributed by atoms with E-state index in [1.165, 1.54) is 0 Å². The molecular weight excluding hydrogens is 442 g/mol. The maximum atomic E-state index is 13.1. The van der Waals surface area contributed by atoms with E-state index in [0.29, 0.717) is 54.7 Å². The molecule has 0 bridgehead atoms. The Morgan fingerprint density at radius 2 is 1.88 bits per heavy atom. The zero-order chi connectivity index (χ0) is 24.1. The van der Waals surface area contributed by atoms with Gasteiger partial charge in [-0.25, -0.2) is 9.59 Å². The van der Waals surface area contributed by atoms with Crippen LogP contribution in [0.2, 0.25) is 0 Å². The second kappa shape index (κ2) is 10.6. The van der Waals surface area contributed by atoms with Crippen molar-refractivity contribution < 1.29 is 33.3 Å². The molecule has 1 unspecified atom stereocenters. The Bertz CT molecular complexity index is 932. The lowest BCUT2D eigenvalue weighted by molar-refractivity contribution is -0.184. The van der Waals surface area contributed by atoms with Crippen LogP contribution in [0, 0.1) is 0 Å². The Morgan fingerprint density at radius 3 is 2.53 bits per heavy atom. The monoisotopic (exact) mass is 475 g/mol. The summed E-state index contributed by atoms with van der Waals surface area (Å²) in [5, 5.41) is 5.71. The van der Waals surface area contributed by atoms with Crippen molar-refractivity contribution in [1.29, 1.82) is 0 Å². The summed E-state index contributed by atoms with van der Waals surface area (Å²) in [6.07, 6.45) is 1.47. The van der Waals surface area contributed by atoms with Crippen LogP contribution >= 0.6 is 0 Å². The summed E-state index contributed by atoms with van der Waals surface area (Å²) in [5.74, 6) is 0.149. The summed E-state index contributed by atoms with van der Waals surface area (Å²) in [5.41, 5.74) is 1.60. The van der Waals surface area contributed by atoms with Crippen molar-refractivity contribution in [2.75, 3.05) is 53.2 Å². The number of nitrogens with zero attached hydrogens (tertiary/aromatic N) is 1. The largest absolute Gasteiger partial charge is 0.493 e. The highest BCUT2D eigenvalue weighted by molar-refractivity contribution is 5.95. The third-order valence-corrected chi connectivity index (χ3v) is 6.28. The van der Waals surface area contributed by atoms with Crippen LogP contribution in [0.1, 0.15) is 38.3 Å². The first-order valence-electron chi connectivity index (χ1n) is 11.8. The summed E-state index contributed by atoms with van der Waals surface area (Å²) in [6.45, 7) is 7.46. The number of piperidine rings is 1. The molecule has 1 aromatic carbocycles. The topological polar surface area (TPSA) is 108 Å². The third kappa shape index (κ3) is 5.13. The third-order valence-electron chi connectivity index (χ3n) is 6.28. The normalized spacial score (nSPS) is 22.3. The van der Waals surface area contributed by atoms with E-state index < -0.39 is 17.8 Å². The number of carbonyl (C=O) groups is 2. The standard InChI is InChI=1S/C24H33N3O7/c1-4-31-18-7-6-16(14-19(18)30-3)21-20(22(28)32-5-2)17(25-23(29)26-21)15-27-10-8-24(9-11-27)33-12-13-34-24/h6-7,14,21H,4-5,8-13,15H2,1-3H3,(H2,25,26,29). The van der Waals surface area contributed by atoms with E-state index in [9.17, 15) is 9.59 Å². The second-order valence-corrected chi connectivity index (χ2v) is 8.37. The van der Waals surface area contributed by atoms with Gasteiger partial charge in [-0.05, 0) is 31.5 Å². The van der Waals surface area contributed by atoms with E-state index in [0.717, 1.165) is 25.9 Å². The highest BCUT2D eigenvalue weighted by Crippen LogP contribution is 2.36. The predicted octanol–water partition coefficient (Wildman–Crippen LogP) is 2.10. The number of urea groups is 1. The molecule has 0 aliphatic carbocycles. The number of rotatable bonds is 8. The molecule has 34 heavy (non-hydrogen) atoms. The Labute approximate surface area is 199 Å². The molecule has 0 radical (unpaired) electrons. The van der Waals surface area contributed by atoms with Gasteiger partial charge >= 0.3 is 12.0 Å². The quantitative estimate of drug-likeness (QED) is 0.551. The maximum Gasteiger partial charge on any atom is 0.338 e. The lowest BCUT2D eigenvalue weighted by atomic mass is 9.94. The average Bonchev–Trinajstić information content (AvgIpc) is 3.29. The fraction of sp³-hybridized carbons (Fsp3) is 0.583. The Morgan fingerprint density at radius 1 is 1.15 bits per heavy atom. The summed E-state index contributed by atoms with van der Waals surface area (Å²) in [7, 11) is 1.55. The molecule has 0 saturated carbocycles. The molecule has 3 heterocycles. The minimum Gasteiger partial charge on any atom is -0.493 e. The molecule has 4 rings (SSSR count). The molecule has 10 nitrogen and oxygen atoms in total. The molecule has 2 saturated heterocycles. The van der Waals surface area contributed by atoms with Gasteiger partial charge in [-0.2, -0.15) is 0 Å². The Balaban J connectivity index is 1.62. The van der Waals surface area contributed by atoms with Crippen LogP contribution in [0.4, 0.5) is 4.79 Å². The fourth-order valence-corrected chi connectivity index (χ4v) is 4.64. The number of esters is 1. The predicted molar refractivity (Wildman–Crippen MR) is 123 cm³/mol. The van der Waals surface area contributed by atoms with Gasteiger partial charge in [-0.15, -0.1) is 0 Å². The molecule has 3 aliphatic heterocycles. The number of benzene rings is 1. The van der Waals surface area contributed by atoms with E-state index in [2.05, 4.69) is 15.5 Å². The molecule has 186 valence electrons. The van der Waals surface area contributed by atoms with Crippen molar-refractivity contribution in [3.05, 3.63) is 35.0 Å². The minimum absolute atomic E-state index is 0.226. The first-order chi connectivity index (χ1) is 16.5. The first-order valence-corrected chi connectivity index (χ1v) is 11.8.